The maximum absolute atomic E-state index is 5.55. The Morgan fingerprint density at radius 3 is 3.00 bits per heavy atom. The van der Waals surface area contributed by atoms with Crippen LogP contribution in [0.25, 0.3) is 11.5 Å². The lowest BCUT2D eigenvalue weighted by Crippen LogP contribution is -2.44. The SMILES string of the molecule is CN1CCNCC1c1noc(-c2ccccc2Cn2cncn2)n1.Cl. The van der Waals surface area contributed by atoms with Crippen molar-refractivity contribution in [1.29, 1.82) is 0 Å². The Bertz CT molecular complexity index is 804. The average Bonchev–Trinajstić information content (AvgIpc) is 3.28. The molecule has 0 saturated carbocycles. The van der Waals surface area contributed by atoms with Crippen LogP contribution in [0.15, 0.2) is 41.4 Å². The summed E-state index contributed by atoms with van der Waals surface area (Å²) in [6.07, 6.45) is 3.22. The summed E-state index contributed by atoms with van der Waals surface area (Å²) in [4.78, 5) is 10.9. The Morgan fingerprint density at radius 2 is 2.20 bits per heavy atom. The third kappa shape index (κ3) is 3.71. The summed E-state index contributed by atoms with van der Waals surface area (Å²) in [7, 11) is 2.08. The van der Waals surface area contributed by atoms with Gasteiger partial charge in [0.2, 0.25) is 0 Å². The number of nitrogens with one attached hydrogen (secondary N) is 1. The van der Waals surface area contributed by atoms with E-state index in [1.807, 2.05) is 24.3 Å². The number of nitrogens with zero attached hydrogens (tertiary/aromatic N) is 6. The van der Waals surface area contributed by atoms with Gasteiger partial charge >= 0.3 is 0 Å². The molecule has 1 N–H and O–H groups in total. The van der Waals surface area contributed by atoms with E-state index >= 15 is 0 Å². The molecule has 1 fully saturated rings. The lowest BCUT2D eigenvalue weighted by atomic mass is 10.1. The highest BCUT2D eigenvalue weighted by molar-refractivity contribution is 5.85. The van der Waals surface area contributed by atoms with Crippen LogP contribution in [0.4, 0.5) is 0 Å². The van der Waals surface area contributed by atoms with Crippen molar-refractivity contribution in [2.75, 3.05) is 26.7 Å². The Morgan fingerprint density at radius 1 is 1.32 bits per heavy atom. The summed E-state index contributed by atoms with van der Waals surface area (Å²) in [6, 6.07) is 8.13. The molecule has 25 heavy (non-hydrogen) atoms. The lowest BCUT2D eigenvalue weighted by molar-refractivity contribution is 0.190. The standard InChI is InChI=1S/C16H19N7O.ClH/c1-22-7-6-17-8-14(22)15-20-16(24-21-15)13-5-3-2-4-12(13)9-23-11-18-10-19-23;/h2-5,10-11,14,17H,6-9H2,1H3;1H. The van der Waals surface area contributed by atoms with Gasteiger partial charge in [0, 0.05) is 25.2 Å². The van der Waals surface area contributed by atoms with Gasteiger partial charge in [0.1, 0.15) is 12.7 Å². The predicted molar refractivity (Wildman–Crippen MR) is 94.3 cm³/mol. The van der Waals surface area contributed by atoms with Crippen LogP contribution in [-0.4, -0.2) is 56.5 Å². The lowest BCUT2D eigenvalue weighted by Gasteiger charge is -2.30. The molecule has 1 aliphatic rings. The topological polar surface area (TPSA) is 84.9 Å². The van der Waals surface area contributed by atoms with Crippen LogP contribution in [0.3, 0.4) is 0 Å². The second-order valence-corrected chi connectivity index (χ2v) is 5.91. The first-order chi connectivity index (χ1) is 11.8. The van der Waals surface area contributed by atoms with Crippen molar-refractivity contribution < 1.29 is 4.52 Å². The molecule has 0 aliphatic carbocycles. The quantitative estimate of drug-likeness (QED) is 0.751. The fraction of sp³-hybridized carbons (Fsp3) is 0.375. The van der Waals surface area contributed by atoms with Crippen molar-refractivity contribution in [1.82, 2.24) is 35.1 Å². The number of hydrogen-bond acceptors (Lipinski definition) is 7. The van der Waals surface area contributed by atoms with E-state index in [2.05, 4.69) is 37.5 Å². The molecule has 1 unspecified atom stereocenters. The van der Waals surface area contributed by atoms with Gasteiger partial charge in [0.25, 0.3) is 5.89 Å². The van der Waals surface area contributed by atoms with Gasteiger partial charge in [-0.15, -0.1) is 12.4 Å². The molecule has 3 heterocycles. The molecular formula is C16H20ClN7O. The van der Waals surface area contributed by atoms with Crippen LogP contribution in [0.1, 0.15) is 17.4 Å². The van der Waals surface area contributed by atoms with Crippen molar-refractivity contribution in [3.05, 3.63) is 48.3 Å². The molecular weight excluding hydrogens is 342 g/mol. The Kier molecular flexibility index (Phi) is 5.42. The van der Waals surface area contributed by atoms with Crippen LogP contribution in [0, 0.1) is 0 Å². The Balaban J connectivity index is 0.00000182. The maximum Gasteiger partial charge on any atom is 0.258 e. The molecule has 0 spiro atoms. The summed E-state index contributed by atoms with van der Waals surface area (Å²) in [6.45, 7) is 3.39. The molecule has 1 saturated heterocycles. The van der Waals surface area contributed by atoms with Crippen LogP contribution in [-0.2, 0) is 6.54 Å². The summed E-state index contributed by atoms with van der Waals surface area (Å²) in [5, 5.41) is 11.7. The van der Waals surface area contributed by atoms with Crippen molar-refractivity contribution in [3.8, 4) is 11.5 Å². The predicted octanol–water partition coefficient (Wildman–Crippen LogP) is 1.37. The summed E-state index contributed by atoms with van der Waals surface area (Å²) in [5.41, 5.74) is 1.99. The van der Waals surface area contributed by atoms with Gasteiger partial charge in [-0.25, -0.2) is 9.67 Å². The second kappa shape index (κ2) is 7.73. The fourth-order valence-electron chi connectivity index (χ4n) is 2.93. The van der Waals surface area contributed by atoms with Gasteiger partial charge in [-0.1, -0.05) is 23.4 Å². The number of piperazine rings is 1. The van der Waals surface area contributed by atoms with E-state index in [9.17, 15) is 0 Å². The molecule has 1 aliphatic heterocycles. The molecule has 0 radical (unpaired) electrons. The van der Waals surface area contributed by atoms with Crippen molar-refractivity contribution in [2.45, 2.75) is 12.6 Å². The number of halogens is 1. The number of hydrogen-bond donors (Lipinski definition) is 1. The number of benzene rings is 1. The van der Waals surface area contributed by atoms with E-state index in [1.54, 1.807) is 11.0 Å². The van der Waals surface area contributed by atoms with Gasteiger partial charge in [0.05, 0.1) is 12.6 Å². The Hall–Kier alpha value is -2.29. The molecule has 9 heteroatoms. The third-order valence-electron chi connectivity index (χ3n) is 4.30. The monoisotopic (exact) mass is 361 g/mol. The van der Waals surface area contributed by atoms with Crippen LogP contribution < -0.4 is 5.32 Å². The van der Waals surface area contributed by atoms with Crippen LogP contribution in [0.5, 0.6) is 0 Å². The van der Waals surface area contributed by atoms with E-state index in [0.717, 1.165) is 36.6 Å². The molecule has 4 rings (SSSR count). The summed E-state index contributed by atoms with van der Waals surface area (Å²) < 4.78 is 7.32. The van der Waals surface area contributed by atoms with Crippen molar-refractivity contribution in [3.63, 3.8) is 0 Å². The van der Waals surface area contributed by atoms with Gasteiger partial charge in [-0.2, -0.15) is 10.1 Å². The van der Waals surface area contributed by atoms with E-state index in [4.69, 9.17) is 4.52 Å². The van der Waals surface area contributed by atoms with Gasteiger partial charge < -0.3 is 9.84 Å². The first kappa shape index (κ1) is 17.5. The highest BCUT2D eigenvalue weighted by Crippen LogP contribution is 2.25. The van der Waals surface area contributed by atoms with Crippen LogP contribution in [0.2, 0.25) is 0 Å². The van der Waals surface area contributed by atoms with Gasteiger partial charge in [-0.3, -0.25) is 4.90 Å². The smallest absolute Gasteiger partial charge is 0.258 e. The zero-order valence-electron chi connectivity index (χ0n) is 13.9. The zero-order chi connectivity index (χ0) is 16.4. The second-order valence-electron chi connectivity index (χ2n) is 5.91. The highest BCUT2D eigenvalue weighted by Gasteiger charge is 2.25. The third-order valence-corrected chi connectivity index (χ3v) is 4.30. The molecule has 1 aromatic carbocycles. The van der Waals surface area contributed by atoms with Crippen molar-refractivity contribution >= 4 is 12.4 Å². The molecule has 2 aromatic heterocycles. The minimum Gasteiger partial charge on any atom is -0.334 e. The molecule has 1 atom stereocenters. The minimum absolute atomic E-state index is 0. The first-order valence-electron chi connectivity index (χ1n) is 7.96. The fourth-order valence-corrected chi connectivity index (χ4v) is 2.93. The van der Waals surface area contributed by atoms with Crippen LogP contribution >= 0.6 is 12.4 Å². The molecule has 0 amide bonds. The molecule has 3 aromatic rings. The van der Waals surface area contributed by atoms with E-state index in [1.165, 1.54) is 6.33 Å². The Labute approximate surface area is 151 Å². The van der Waals surface area contributed by atoms with Crippen molar-refractivity contribution in [2.24, 2.45) is 0 Å². The first-order valence-corrected chi connectivity index (χ1v) is 7.96. The van der Waals surface area contributed by atoms with Gasteiger partial charge in [0.15, 0.2) is 5.82 Å². The van der Waals surface area contributed by atoms with E-state index in [-0.39, 0.29) is 18.4 Å². The molecule has 132 valence electrons. The average molecular weight is 362 g/mol. The number of rotatable bonds is 4. The van der Waals surface area contributed by atoms with Gasteiger partial charge in [-0.05, 0) is 18.7 Å². The molecule has 0 bridgehead atoms. The largest absolute Gasteiger partial charge is 0.334 e. The molecule has 8 nitrogen and oxygen atoms in total. The minimum atomic E-state index is 0. The normalized spacial score (nSPS) is 18.0. The number of aromatic nitrogens is 5. The van der Waals surface area contributed by atoms with E-state index in [0.29, 0.717) is 12.4 Å². The maximum atomic E-state index is 5.55. The highest BCUT2D eigenvalue weighted by atomic mass is 35.5. The zero-order valence-corrected chi connectivity index (χ0v) is 14.7. The summed E-state index contributed by atoms with van der Waals surface area (Å²) >= 11 is 0. The number of likely N-dealkylation sites (N-methyl/N-ethyl adjacent to an activating group) is 1. The summed E-state index contributed by atoms with van der Waals surface area (Å²) in [5.74, 6) is 1.26. The van der Waals surface area contributed by atoms with E-state index < -0.39 is 0 Å².